The van der Waals surface area contributed by atoms with Gasteiger partial charge in [0, 0.05) is 18.7 Å². The van der Waals surface area contributed by atoms with Crippen LogP contribution in [-0.4, -0.2) is 30.3 Å². The van der Waals surface area contributed by atoms with Crippen LogP contribution in [0.2, 0.25) is 0 Å². The second-order valence-electron chi connectivity index (χ2n) is 6.50. The van der Waals surface area contributed by atoms with Gasteiger partial charge in [-0.1, -0.05) is 30.3 Å². The van der Waals surface area contributed by atoms with Crippen molar-refractivity contribution in [3.8, 4) is 5.75 Å². The summed E-state index contributed by atoms with van der Waals surface area (Å²) in [4.78, 5) is 11.6. The van der Waals surface area contributed by atoms with E-state index in [0.29, 0.717) is 24.2 Å². The van der Waals surface area contributed by atoms with Gasteiger partial charge in [0.15, 0.2) is 0 Å². The zero-order chi connectivity index (χ0) is 18.6. The lowest BCUT2D eigenvalue weighted by Crippen LogP contribution is -2.51. The van der Waals surface area contributed by atoms with Gasteiger partial charge in [-0.2, -0.15) is 0 Å². The van der Waals surface area contributed by atoms with Crippen molar-refractivity contribution in [2.24, 2.45) is 0 Å². The average molecular weight is 359 g/mol. The minimum atomic E-state index is -1.04. The summed E-state index contributed by atoms with van der Waals surface area (Å²) in [5.74, 6) is -0.550. The molecule has 1 fully saturated rings. The highest BCUT2D eigenvalue weighted by Crippen LogP contribution is 2.34. The zero-order valence-corrected chi connectivity index (χ0v) is 14.6. The minimum absolute atomic E-state index is 0.0538. The van der Waals surface area contributed by atoms with Crippen molar-refractivity contribution in [1.29, 1.82) is 0 Å². The summed E-state index contributed by atoms with van der Waals surface area (Å²) < 4.78 is 24.3. The molecule has 0 aliphatic carbocycles. The summed E-state index contributed by atoms with van der Waals surface area (Å²) >= 11 is 0. The Hall–Kier alpha value is -2.44. The third kappa shape index (κ3) is 3.86. The molecule has 0 radical (unpaired) electrons. The Labute approximate surface area is 151 Å². The Morgan fingerprint density at radius 2 is 2.00 bits per heavy atom. The Bertz CT molecular complexity index is 765. The Morgan fingerprint density at radius 3 is 2.65 bits per heavy atom. The van der Waals surface area contributed by atoms with E-state index in [9.17, 15) is 14.3 Å². The molecule has 26 heavy (non-hydrogen) atoms. The number of nitrogens with one attached hydrogen (secondary N) is 1. The van der Waals surface area contributed by atoms with Gasteiger partial charge >= 0.3 is 5.97 Å². The molecule has 0 spiro atoms. The van der Waals surface area contributed by atoms with E-state index >= 15 is 0 Å². The first-order valence-corrected chi connectivity index (χ1v) is 8.50. The SMILES string of the molecule is COC[C@@]1(C(=O)O)CC[C@H](c2ccc(OCc3ccccc3F)cc2)N1. The highest BCUT2D eigenvalue weighted by atomic mass is 19.1. The van der Waals surface area contributed by atoms with Crippen molar-refractivity contribution in [2.75, 3.05) is 13.7 Å². The first kappa shape index (κ1) is 18.4. The van der Waals surface area contributed by atoms with Gasteiger partial charge in [-0.25, -0.2) is 4.39 Å². The van der Waals surface area contributed by atoms with Crippen LogP contribution in [0.25, 0.3) is 0 Å². The lowest BCUT2D eigenvalue weighted by molar-refractivity contribution is -0.146. The van der Waals surface area contributed by atoms with Crippen LogP contribution in [0.15, 0.2) is 48.5 Å². The summed E-state index contributed by atoms with van der Waals surface area (Å²) in [7, 11) is 1.50. The van der Waals surface area contributed by atoms with E-state index in [1.54, 1.807) is 18.2 Å². The number of benzene rings is 2. The summed E-state index contributed by atoms with van der Waals surface area (Å²) in [6.07, 6.45) is 1.22. The maximum atomic E-state index is 13.6. The lowest BCUT2D eigenvalue weighted by Gasteiger charge is -2.25. The van der Waals surface area contributed by atoms with E-state index in [-0.39, 0.29) is 25.1 Å². The van der Waals surface area contributed by atoms with Gasteiger partial charge in [0.1, 0.15) is 23.7 Å². The number of rotatable bonds is 7. The van der Waals surface area contributed by atoms with Crippen molar-refractivity contribution in [2.45, 2.75) is 31.0 Å². The van der Waals surface area contributed by atoms with Crippen molar-refractivity contribution < 1.29 is 23.8 Å². The van der Waals surface area contributed by atoms with Gasteiger partial charge in [-0.3, -0.25) is 10.1 Å². The highest BCUT2D eigenvalue weighted by Gasteiger charge is 2.45. The van der Waals surface area contributed by atoms with Crippen LogP contribution in [0.3, 0.4) is 0 Å². The number of hydrogen-bond acceptors (Lipinski definition) is 4. The smallest absolute Gasteiger partial charge is 0.326 e. The molecule has 3 rings (SSSR count). The van der Waals surface area contributed by atoms with Crippen molar-refractivity contribution in [1.82, 2.24) is 5.32 Å². The van der Waals surface area contributed by atoms with Crippen LogP contribution < -0.4 is 10.1 Å². The topological polar surface area (TPSA) is 67.8 Å². The van der Waals surface area contributed by atoms with E-state index in [2.05, 4.69) is 5.32 Å². The summed E-state index contributed by atoms with van der Waals surface area (Å²) in [6.45, 7) is 0.284. The van der Waals surface area contributed by atoms with E-state index in [1.165, 1.54) is 13.2 Å². The maximum Gasteiger partial charge on any atom is 0.326 e. The summed E-state index contributed by atoms with van der Waals surface area (Å²) in [5, 5.41) is 12.7. The molecule has 0 aromatic heterocycles. The largest absolute Gasteiger partial charge is 0.489 e. The number of methoxy groups -OCH3 is 1. The number of carbonyl (C=O) groups is 1. The molecule has 5 nitrogen and oxygen atoms in total. The molecule has 2 aromatic rings. The maximum absolute atomic E-state index is 13.6. The molecule has 0 bridgehead atoms. The number of carboxylic acids is 1. The number of hydrogen-bond donors (Lipinski definition) is 2. The molecule has 1 aliphatic heterocycles. The normalized spacial score (nSPS) is 22.3. The monoisotopic (exact) mass is 359 g/mol. The van der Waals surface area contributed by atoms with Crippen molar-refractivity contribution in [3.05, 3.63) is 65.5 Å². The minimum Gasteiger partial charge on any atom is -0.489 e. The molecule has 6 heteroatoms. The molecule has 2 atom stereocenters. The molecule has 0 saturated carbocycles. The third-order valence-electron chi connectivity index (χ3n) is 4.75. The summed E-state index contributed by atoms with van der Waals surface area (Å²) in [5.41, 5.74) is 0.446. The quantitative estimate of drug-likeness (QED) is 0.794. The second-order valence-corrected chi connectivity index (χ2v) is 6.50. The fourth-order valence-corrected chi connectivity index (χ4v) is 3.28. The summed E-state index contributed by atoms with van der Waals surface area (Å²) in [6, 6.07) is 13.9. The molecule has 2 aromatic carbocycles. The number of carboxylic acid groups (broad SMARTS) is 1. The fraction of sp³-hybridized carbons (Fsp3) is 0.350. The first-order valence-electron chi connectivity index (χ1n) is 8.50. The molecular formula is C20H22FNO4. The zero-order valence-electron chi connectivity index (χ0n) is 14.6. The molecule has 2 N–H and O–H groups in total. The Kier molecular flexibility index (Phi) is 5.54. The van der Waals surface area contributed by atoms with Gasteiger partial charge in [-0.15, -0.1) is 0 Å². The van der Waals surface area contributed by atoms with Crippen LogP contribution in [0.5, 0.6) is 5.75 Å². The van der Waals surface area contributed by atoms with E-state index in [1.807, 2.05) is 24.3 Å². The molecule has 0 unspecified atom stereocenters. The van der Waals surface area contributed by atoms with Crippen LogP contribution >= 0.6 is 0 Å². The highest BCUT2D eigenvalue weighted by molar-refractivity contribution is 5.79. The van der Waals surface area contributed by atoms with Crippen LogP contribution in [0.1, 0.15) is 30.0 Å². The van der Waals surface area contributed by atoms with E-state index < -0.39 is 11.5 Å². The van der Waals surface area contributed by atoms with E-state index in [4.69, 9.17) is 9.47 Å². The lowest BCUT2D eigenvalue weighted by atomic mass is 9.99. The number of aliphatic carboxylic acids is 1. The van der Waals surface area contributed by atoms with Crippen LogP contribution in [-0.2, 0) is 16.1 Å². The van der Waals surface area contributed by atoms with Crippen molar-refractivity contribution in [3.63, 3.8) is 0 Å². The van der Waals surface area contributed by atoms with Crippen LogP contribution in [0, 0.1) is 5.82 Å². The first-order chi connectivity index (χ1) is 12.5. The standard InChI is InChI=1S/C20H22FNO4/c1-25-13-20(19(23)24)11-10-18(22-20)14-6-8-16(9-7-14)26-12-15-4-2-3-5-17(15)21/h2-9,18,22H,10-13H2,1H3,(H,23,24)/t18-,20-/m1/s1. The van der Waals surface area contributed by atoms with Crippen LogP contribution in [0.4, 0.5) is 4.39 Å². The number of halogens is 1. The molecule has 1 heterocycles. The van der Waals surface area contributed by atoms with Gasteiger partial charge in [0.25, 0.3) is 0 Å². The number of ether oxygens (including phenoxy) is 2. The molecule has 138 valence electrons. The van der Waals surface area contributed by atoms with E-state index in [0.717, 1.165) is 5.56 Å². The average Bonchev–Trinajstić information content (AvgIpc) is 3.07. The second kappa shape index (κ2) is 7.85. The fourth-order valence-electron chi connectivity index (χ4n) is 3.28. The predicted octanol–water partition coefficient (Wildman–Crippen LogP) is 3.30. The van der Waals surface area contributed by atoms with Gasteiger partial charge in [0.2, 0.25) is 0 Å². The third-order valence-corrected chi connectivity index (χ3v) is 4.75. The predicted molar refractivity (Wildman–Crippen MR) is 94.5 cm³/mol. The molecule has 1 saturated heterocycles. The molecular weight excluding hydrogens is 337 g/mol. The Morgan fingerprint density at radius 1 is 1.27 bits per heavy atom. The van der Waals surface area contributed by atoms with Gasteiger partial charge < -0.3 is 14.6 Å². The van der Waals surface area contributed by atoms with Gasteiger partial charge in [0.05, 0.1) is 6.61 Å². The van der Waals surface area contributed by atoms with Gasteiger partial charge in [-0.05, 0) is 36.6 Å². The Balaban J connectivity index is 1.63. The molecule has 0 amide bonds. The molecule has 1 aliphatic rings. The van der Waals surface area contributed by atoms with Crippen molar-refractivity contribution >= 4 is 5.97 Å².